The van der Waals surface area contributed by atoms with E-state index in [9.17, 15) is 40.4 Å². The Hall–Kier alpha value is -5.62. The van der Waals surface area contributed by atoms with Crippen LogP contribution in [0.4, 0.5) is 36.6 Å². The molecule has 3 atom stereocenters. The molecule has 0 spiro atoms. The van der Waals surface area contributed by atoms with E-state index in [1.807, 2.05) is 6.07 Å². The Balaban J connectivity index is 1.28. The normalized spacial score (nSPS) is 17.9. The molecule has 0 aliphatic heterocycles. The molecular weight excluding hydrogens is 780 g/mol. The number of thiazole rings is 1. The number of fused-ring (bicyclic) bond motifs is 5. The summed E-state index contributed by atoms with van der Waals surface area (Å²) in [5.74, 6) is -9.08. The van der Waals surface area contributed by atoms with E-state index in [1.54, 1.807) is 24.3 Å². The first-order chi connectivity index (χ1) is 25.8. The lowest BCUT2D eigenvalue weighted by Crippen LogP contribution is -2.35. The lowest BCUT2D eigenvalue weighted by molar-refractivity contribution is -0.142. The van der Waals surface area contributed by atoms with E-state index in [0.717, 1.165) is 29.7 Å². The van der Waals surface area contributed by atoms with Gasteiger partial charge in [-0.05, 0) is 48.6 Å². The van der Waals surface area contributed by atoms with Gasteiger partial charge in [-0.1, -0.05) is 12.1 Å². The van der Waals surface area contributed by atoms with Crippen LogP contribution in [0.25, 0.3) is 32.4 Å². The Morgan fingerprint density at radius 2 is 1.84 bits per heavy atom. The second kappa shape index (κ2) is 12.5. The first-order valence-corrected chi connectivity index (χ1v) is 19.0. The molecule has 4 heterocycles. The van der Waals surface area contributed by atoms with E-state index >= 15 is 8.78 Å². The number of sulfonamides is 1. The number of carbonyl (C=O) groups is 1. The van der Waals surface area contributed by atoms with Crippen molar-refractivity contribution in [2.24, 2.45) is 13.0 Å². The summed E-state index contributed by atoms with van der Waals surface area (Å²) in [4.78, 5) is 22.7. The van der Waals surface area contributed by atoms with Gasteiger partial charge in [0, 0.05) is 41.1 Å². The minimum absolute atomic E-state index is 0.000111. The number of alkyl halides is 5. The zero-order valence-corrected chi connectivity index (χ0v) is 29.8. The number of hydrogen-bond donors (Lipinski definition) is 2. The molecule has 2 unspecified atom stereocenters. The molecule has 1 fully saturated rings. The van der Waals surface area contributed by atoms with Crippen molar-refractivity contribution >= 4 is 54.3 Å². The molecule has 0 saturated heterocycles. The maximum absolute atomic E-state index is 15.3. The number of benzene rings is 2. The predicted octanol–water partition coefficient (Wildman–Crippen LogP) is 6.29. The van der Waals surface area contributed by atoms with E-state index in [1.165, 1.54) is 11.7 Å². The monoisotopic (exact) mass is 803 g/mol. The third-order valence-corrected chi connectivity index (χ3v) is 10.9. The van der Waals surface area contributed by atoms with Crippen molar-refractivity contribution in [1.29, 1.82) is 5.26 Å². The van der Waals surface area contributed by atoms with Crippen LogP contribution in [-0.2, 0) is 46.9 Å². The summed E-state index contributed by atoms with van der Waals surface area (Å²) in [7, 11) is -2.24. The molecule has 2 N–H and O–H groups in total. The Morgan fingerprint density at radius 3 is 2.51 bits per heavy atom. The van der Waals surface area contributed by atoms with Crippen LogP contribution in [0.5, 0.6) is 0 Å². The van der Waals surface area contributed by atoms with Gasteiger partial charge in [0.15, 0.2) is 22.2 Å². The summed E-state index contributed by atoms with van der Waals surface area (Å²) >= 11 is 0.982. The van der Waals surface area contributed by atoms with Gasteiger partial charge >= 0.3 is 6.18 Å². The number of pyridine rings is 1. The highest BCUT2D eigenvalue weighted by Crippen LogP contribution is 2.68. The van der Waals surface area contributed by atoms with Crippen LogP contribution < -0.4 is 10.0 Å². The van der Waals surface area contributed by atoms with E-state index in [0.29, 0.717) is 31.9 Å². The minimum atomic E-state index is -5.07. The summed E-state index contributed by atoms with van der Waals surface area (Å²) in [6, 6.07) is 9.58. The standard InChI is InChI=1S/C34H24F7N9O3S2/c1-49-28-17(4-3-5-18(28)31(47-49)48-55(2,52)53)19-11-23-32(44-25(12-42)54-23)45-27(19)22(8-14-6-15(35)9-16(36)7-14)43-24(51)13-50-30-26(29(46-50)34(39,40)41)20-10-21(20)33(30,37)38/h3-7,9,11,20-22H,8,10,13H2,1-2H3,(H,43,51)(H,47,48)/t20-,21?,22?/m0/s1. The number of nitrogens with one attached hydrogen (secondary N) is 2. The van der Waals surface area contributed by atoms with Crippen LogP contribution in [0, 0.1) is 28.9 Å². The quantitative estimate of drug-likeness (QED) is 0.161. The van der Waals surface area contributed by atoms with Gasteiger partial charge in [0.25, 0.3) is 5.92 Å². The number of halogens is 7. The zero-order valence-electron chi connectivity index (χ0n) is 28.2. The van der Waals surface area contributed by atoms with Gasteiger partial charge in [0.2, 0.25) is 15.9 Å². The van der Waals surface area contributed by atoms with E-state index in [-0.39, 0.29) is 46.1 Å². The number of hydrogen-bond acceptors (Lipinski definition) is 9. The van der Waals surface area contributed by atoms with Crippen LogP contribution >= 0.6 is 11.3 Å². The number of rotatable bonds is 9. The van der Waals surface area contributed by atoms with Crippen molar-refractivity contribution in [3.63, 3.8) is 0 Å². The predicted molar refractivity (Wildman–Crippen MR) is 183 cm³/mol. The van der Waals surface area contributed by atoms with Gasteiger partial charge < -0.3 is 5.32 Å². The number of anilines is 1. The molecule has 1 saturated carbocycles. The van der Waals surface area contributed by atoms with Gasteiger partial charge in [0.05, 0.1) is 28.2 Å². The Bertz CT molecular complexity index is 2730. The highest BCUT2D eigenvalue weighted by molar-refractivity contribution is 7.92. The van der Waals surface area contributed by atoms with Crippen LogP contribution in [-0.4, -0.2) is 50.1 Å². The summed E-state index contributed by atoms with van der Waals surface area (Å²) in [5.41, 5.74) is -2.07. The lowest BCUT2D eigenvalue weighted by atomic mass is 9.94. The van der Waals surface area contributed by atoms with Crippen molar-refractivity contribution in [3.8, 4) is 17.2 Å². The number of carbonyl (C=O) groups excluding carboxylic acids is 1. The Kier molecular flexibility index (Phi) is 8.23. The number of nitriles is 1. The molecule has 6 aromatic rings. The lowest BCUT2D eigenvalue weighted by Gasteiger charge is -2.23. The molecule has 2 aromatic carbocycles. The fraction of sp³-hybridized carbons (Fsp3) is 0.294. The highest BCUT2D eigenvalue weighted by Gasteiger charge is 2.68. The van der Waals surface area contributed by atoms with Crippen LogP contribution in [0.1, 0.15) is 51.6 Å². The average Bonchev–Trinajstić information content (AvgIpc) is 3.36. The first kappa shape index (κ1) is 36.4. The molecule has 2 aliphatic carbocycles. The smallest absolute Gasteiger partial charge is 0.346 e. The van der Waals surface area contributed by atoms with Crippen molar-refractivity contribution in [2.45, 2.75) is 43.4 Å². The maximum atomic E-state index is 15.3. The van der Waals surface area contributed by atoms with Gasteiger partial charge in [-0.3, -0.25) is 18.9 Å². The second-order valence-electron chi connectivity index (χ2n) is 13.4. The van der Waals surface area contributed by atoms with E-state index in [2.05, 4.69) is 30.2 Å². The van der Waals surface area contributed by atoms with Crippen LogP contribution in [0.3, 0.4) is 0 Å². The largest absolute Gasteiger partial charge is 0.435 e. The number of aryl methyl sites for hydroxylation is 1. The summed E-state index contributed by atoms with van der Waals surface area (Å²) < 4.78 is 130. The molecule has 55 heavy (non-hydrogen) atoms. The third-order valence-electron chi connectivity index (χ3n) is 9.47. The van der Waals surface area contributed by atoms with Crippen LogP contribution in [0.15, 0.2) is 42.5 Å². The zero-order chi connectivity index (χ0) is 39.4. The minimum Gasteiger partial charge on any atom is -0.346 e. The molecule has 284 valence electrons. The van der Waals surface area contributed by atoms with Gasteiger partial charge in [-0.15, -0.1) is 11.3 Å². The van der Waals surface area contributed by atoms with Crippen molar-refractivity contribution < 1.29 is 43.9 Å². The highest BCUT2D eigenvalue weighted by atomic mass is 32.2. The van der Waals surface area contributed by atoms with Gasteiger partial charge in [0.1, 0.15) is 29.9 Å². The van der Waals surface area contributed by atoms with Gasteiger partial charge in [-0.25, -0.2) is 27.2 Å². The molecule has 2 aliphatic rings. The van der Waals surface area contributed by atoms with E-state index < -0.39 is 81.0 Å². The van der Waals surface area contributed by atoms with Crippen molar-refractivity contribution in [3.05, 3.63) is 87.3 Å². The first-order valence-electron chi connectivity index (χ1n) is 16.3. The molecule has 4 aromatic heterocycles. The number of amides is 1. The molecule has 0 bridgehead atoms. The Labute approximate surface area is 309 Å². The molecule has 1 amide bonds. The molecule has 12 nitrogen and oxygen atoms in total. The van der Waals surface area contributed by atoms with Crippen molar-refractivity contribution in [2.75, 3.05) is 11.0 Å². The number of nitrogens with zero attached hydrogens (tertiary/aromatic N) is 7. The number of aromatic nitrogens is 6. The molecule has 8 rings (SSSR count). The summed E-state index contributed by atoms with van der Waals surface area (Å²) in [6.45, 7) is -1.08. The molecular formula is C34H24F7N9O3S2. The summed E-state index contributed by atoms with van der Waals surface area (Å²) in [6.07, 6.45) is -4.66. The topological polar surface area (TPSA) is 160 Å². The average molecular weight is 804 g/mol. The van der Waals surface area contributed by atoms with Crippen molar-refractivity contribution in [1.82, 2.24) is 34.8 Å². The van der Waals surface area contributed by atoms with Gasteiger partial charge in [-0.2, -0.15) is 37.4 Å². The SMILES string of the molecule is Cn1nc(NS(C)(=O)=O)c2cccc(-c3cc4sc(C#N)nc4nc3C(Cc3cc(F)cc(F)c3)NC(=O)Cn3nc(C(F)(F)F)c4c3C(F)(F)C3C[C@H]43)c21. The summed E-state index contributed by atoms with van der Waals surface area (Å²) in [5, 5.41) is 20.3. The fourth-order valence-corrected chi connectivity index (χ4v) is 8.61. The molecule has 0 radical (unpaired) electrons. The maximum Gasteiger partial charge on any atom is 0.435 e. The molecule has 21 heteroatoms. The third kappa shape index (κ3) is 6.41. The van der Waals surface area contributed by atoms with Crippen LogP contribution in [0.2, 0.25) is 0 Å². The number of para-hydroxylation sites is 1. The second-order valence-corrected chi connectivity index (χ2v) is 16.1. The van der Waals surface area contributed by atoms with E-state index in [4.69, 9.17) is 0 Å². The Morgan fingerprint density at radius 1 is 1.11 bits per heavy atom. The fourth-order valence-electron chi connectivity index (χ4n) is 7.36.